The molecule has 0 fully saturated rings. The Morgan fingerprint density at radius 2 is 2.11 bits per heavy atom. The molecular weight excluding hydrogens is 280 g/mol. The van der Waals surface area contributed by atoms with Gasteiger partial charge < -0.3 is 10.2 Å². The van der Waals surface area contributed by atoms with Gasteiger partial charge in [0.2, 0.25) is 5.89 Å². The smallest absolute Gasteiger partial charge is 0.226 e. The first-order valence-corrected chi connectivity index (χ1v) is 7.63. The molecule has 0 amide bonds. The van der Waals surface area contributed by atoms with Crippen molar-refractivity contribution in [2.75, 3.05) is 6.54 Å². The Morgan fingerprint density at radius 3 is 2.79 bits per heavy atom. The van der Waals surface area contributed by atoms with Crippen LogP contribution in [0.15, 0.2) is 34.9 Å². The molecule has 2 aromatic rings. The van der Waals surface area contributed by atoms with Gasteiger partial charge in [-0.05, 0) is 37.2 Å². The molecule has 2 N–H and O–H groups in total. The van der Waals surface area contributed by atoms with Crippen LogP contribution >= 0.6 is 23.4 Å². The molecule has 0 aliphatic heterocycles. The SMILES string of the molecule is CC(CCN)SCc1coc(-c2ccc(Cl)cc2)n1. The number of rotatable bonds is 6. The molecular formula is C14H17ClN2OS. The lowest BCUT2D eigenvalue weighted by molar-refractivity contribution is 0.573. The number of oxazole rings is 1. The summed E-state index contributed by atoms with van der Waals surface area (Å²) >= 11 is 7.70. The highest BCUT2D eigenvalue weighted by Gasteiger charge is 2.08. The van der Waals surface area contributed by atoms with Gasteiger partial charge in [0.05, 0.1) is 5.69 Å². The van der Waals surface area contributed by atoms with Crippen LogP contribution in [0.25, 0.3) is 11.5 Å². The van der Waals surface area contributed by atoms with Crippen LogP contribution < -0.4 is 5.73 Å². The fourth-order valence-corrected chi connectivity index (χ4v) is 2.66. The average molecular weight is 297 g/mol. The highest BCUT2D eigenvalue weighted by molar-refractivity contribution is 7.99. The van der Waals surface area contributed by atoms with Crippen LogP contribution in [-0.4, -0.2) is 16.8 Å². The Labute approximate surface area is 122 Å². The molecule has 0 spiro atoms. The van der Waals surface area contributed by atoms with Crippen molar-refractivity contribution < 1.29 is 4.42 Å². The van der Waals surface area contributed by atoms with Crippen molar-refractivity contribution >= 4 is 23.4 Å². The Morgan fingerprint density at radius 1 is 1.37 bits per heavy atom. The van der Waals surface area contributed by atoms with Crippen LogP contribution in [0.5, 0.6) is 0 Å². The summed E-state index contributed by atoms with van der Waals surface area (Å²) in [6, 6.07) is 7.47. The summed E-state index contributed by atoms with van der Waals surface area (Å²) in [5.41, 5.74) is 7.43. The van der Waals surface area contributed by atoms with Crippen molar-refractivity contribution in [1.29, 1.82) is 0 Å². The highest BCUT2D eigenvalue weighted by atomic mass is 35.5. The molecule has 0 bridgehead atoms. The summed E-state index contributed by atoms with van der Waals surface area (Å²) < 4.78 is 5.49. The second-order valence-electron chi connectivity index (χ2n) is 4.35. The van der Waals surface area contributed by atoms with E-state index in [1.54, 1.807) is 6.26 Å². The Bertz CT molecular complexity index is 512. The van der Waals surface area contributed by atoms with E-state index in [1.165, 1.54) is 0 Å². The van der Waals surface area contributed by atoms with E-state index in [0.717, 1.165) is 30.0 Å². The van der Waals surface area contributed by atoms with E-state index in [4.69, 9.17) is 21.8 Å². The first-order chi connectivity index (χ1) is 9.19. The third-order valence-electron chi connectivity index (χ3n) is 2.73. The van der Waals surface area contributed by atoms with Gasteiger partial charge in [-0.3, -0.25) is 0 Å². The molecule has 0 radical (unpaired) electrons. The van der Waals surface area contributed by atoms with Gasteiger partial charge in [-0.2, -0.15) is 11.8 Å². The summed E-state index contributed by atoms with van der Waals surface area (Å²) in [7, 11) is 0. The monoisotopic (exact) mass is 296 g/mol. The van der Waals surface area contributed by atoms with E-state index in [0.29, 0.717) is 16.2 Å². The number of thioether (sulfide) groups is 1. The van der Waals surface area contributed by atoms with Crippen LogP contribution in [0.3, 0.4) is 0 Å². The first kappa shape index (κ1) is 14.4. The third-order valence-corrected chi connectivity index (χ3v) is 4.25. The van der Waals surface area contributed by atoms with Crippen molar-refractivity contribution in [2.45, 2.75) is 24.3 Å². The molecule has 0 saturated carbocycles. The lowest BCUT2D eigenvalue weighted by atomic mass is 10.2. The number of aromatic nitrogens is 1. The van der Waals surface area contributed by atoms with Crippen molar-refractivity contribution in [1.82, 2.24) is 4.98 Å². The van der Waals surface area contributed by atoms with Crippen LogP contribution in [0.2, 0.25) is 5.02 Å². The average Bonchev–Trinajstić information content (AvgIpc) is 2.86. The van der Waals surface area contributed by atoms with Gasteiger partial charge in [-0.15, -0.1) is 0 Å². The molecule has 19 heavy (non-hydrogen) atoms. The number of hydrogen-bond acceptors (Lipinski definition) is 4. The molecule has 1 heterocycles. The highest BCUT2D eigenvalue weighted by Crippen LogP contribution is 2.24. The molecule has 3 nitrogen and oxygen atoms in total. The largest absolute Gasteiger partial charge is 0.444 e. The predicted molar refractivity (Wildman–Crippen MR) is 81.4 cm³/mol. The lowest BCUT2D eigenvalue weighted by Crippen LogP contribution is -2.07. The van der Waals surface area contributed by atoms with Gasteiger partial charge in [0, 0.05) is 21.6 Å². The quantitative estimate of drug-likeness (QED) is 0.876. The summed E-state index contributed by atoms with van der Waals surface area (Å²) in [5.74, 6) is 1.48. The number of benzene rings is 1. The molecule has 1 atom stereocenters. The Kier molecular flexibility index (Phi) is 5.31. The molecule has 1 unspecified atom stereocenters. The first-order valence-electron chi connectivity index (χ1n) is 6.21. The summed E-state index contributed by atoms with van der Waals surface area (Å²) in [6.07, 6.45) is 2.73. The molecule has 5 heteroatoms. The van der Waals surface area contributed by atoms with Gasteiger partial charge in [0.15, 0.2) is 0 Å². The van der Waals surface area contributed by atoms with Gasteiger partial charge in [-0.1, -0.05) is 18.5 Å². The van der Waals surface area contributed by atoms with Crippen LogP contribution in [0, 0.1) is 0 Å². The lowest BCUT2D eigenvalue weighted by Gasteiger charge is -2.07. The van der Waals surface area contributed by atoms with E-state index >= 15 is 0 Å². The Hall–Kier alpha value is -0.970. The maximum atomic E-state index is 5.85. The molecule has 102 valence electrons. The summed E-state index contributed by atoms with van der Waals surface area (Å²) in [5, 5.41) is 1.25. The third kappa shape index (κ3) is 4.27. The molecule has 1 aromatic carbocycles. The van der Waals surface area contributed by atoms with E-state index in [2.05, 4.69) is 11.9 Å². The fraction of sp³-hybridized carbons (Fsp3) is 0.357. The summed E-state index contributed by atoms with van der Waals surface area (Å²) in [4.78, 5) is 4.48. The Balaban J connectivity index is 1.97. The van der Waals surface area contributed by atoms with Crippen LogP contribution in [0.4, 0.5) is 0 Å². The van der Waals surface area contributed by atoms with Crippen molar-refractivity contribution in [2.24, 2.45) is 5.73 Å². The van der Waals surface area contributed by atoms with Crippen LogP contribution in [0.1, 0.15) is 19.0 Å². The van der Waals surface area contributed by atoms with E-state index in [9.17, 15) is 0 Å². The number of hydrogen-bond donors (Lipinski definition) is 1. The van der Waals surface area contributed by atoms with Gasteiger partial charge in [0.1, 0.15) is 6.26 Å². The minimum Gasteiger partial charge on any atom is -0.444 e. The summed E-state index contributed by atoms with van der Waals surface area (Å²) in [6.45, 7) is 2.90. The van der Waals surface area contributed by atoms with Gasteiger partial charge in [0.25, 0.3) is 0 Å². The maximum absolute atomic E-state index is 5.85. The maximum Gasteiger partial charge on any atom is 0.226 e. The van der Waals surface area contributed by atoms with Crippen molar-refractivity contribution in [3.8, 4) is 11.5 Å². The van der Waals surface area contributed by atoms with Gasteiger partial charge >= 0.3 is 0 Å². The van der Waals surface area contributed by atoms with E-state index < -0.39 is 0 Å². The zero-order chi connectivity index (χ0) is 13.7. The van der Waals surface area contributed by atoms with Crippen molar-refractivity contribution in [3.05, 3.63) is 41.2 Å². The molecule has 0 aliphatic rings. The number of nitrogens with two attached hydrogens (primary N) is 1. The minimum absolute atomic E-state index is 0.542. The number of halogens is 1. The standard InChI is InChI=1S/C14H17ClN2OS/c1-10(6-7-16)19-9-13-8-18-14(17-13)11-2-4-12(15)5-3-11/h2-5,8,10H,6-7,9,16H2,1H3. The molecule has 1 aromatic heterocycles. The number of nitrogens with zero attached hydrogens (tertiary/aromatic N) is 1. The minimum atomic E-state index is 0.542. The molecule has 0 aliphatic carbocycles. The second kappa shape index (κ2) is 6.98. The van der Waals surface area contributed by atoms with E-state index in [-0.39, 0.29) is 0 Å². The predicted octanol–water partition coefficient (Wildman–Crippen LogP) is 3.97. The van der Waals surface area contributed by atoms with Crippen LogP contribution in [-0.2, 0) is 5.75 Å². The second-order valence-corrected chi connectivity index (χ2v) is 6.21. The van der Waals surface area contributed by atoms with E-state index in [1.807, 2.05) is 36.0 Å². The molecule has 2 rings (SSSR count). The fourth-order valence-electron chi connectivity index (χ4n) is 1.64. The zero-order valence-corrected chi connectivity index (χ0v) is 12.4. The topological polar surface area (TPSA) is 52.0 Å². The van der Waals surface area contributed by atoms with Gasteiger partial charge in [-0.25, -0.2) is 4.98 Å². The molecule has 0 saturated heterocycles. The van der Waals surface area contributed by atoms with Crippen molar-refractivity contribution in [3.63, 3.8) is 0 Å². The zero-order valence-electron chi connectivity index (χ0n) is 10.8. The normalized spacial score (nSPS) is 12.6.